The molecule has 0 aromatic carbocycles. The molecule has 21 heavy (non-hydrogen) atoms. The SMILES string of the molecule is Cc1nn(CCCN)c(C)c1S(=O)(=O)N1CCOC(C)C1. The number of sulfonamides is 1. The van der Waals surface area contributed by atoms with Crippen molar-refractivity contribution in [3.05, 3.63) is 11.4 Å². The van der Waals surface area contributed by atoms with Gasteiger partial charge in [0.25, 0.3) is 0 Å². The average molecular weight is 316 g/mol. The number of aryl methyl sites for hydroxylation is 2. The monoisotopic (exact) mass is 316 g/mol. The molecular formula is C13H24N4O3S. The number of hydrogen-bond donors (Lipinski definition) is 1. The molecule has 2 heterocycles. The summed E-state index contributed by atoms with van der Waals surface area (Å²) in [4.78, 5) is 0.327. The molecule has 7 nitrogen and oxygen atoms in total. The molecule has 1 aliphatic heterocycles. The normalized spacial score (nSPS) is 20.9. The molecule has 0 aliphatic carbocycles. The van der Waals surface area contributed by atoms with Gasteiger partial charge in [-0.15, -0.1) is 0 Å². The minimum atomic E-state index is -3.52. The van der Waals surface area contributed by atoms with E-state index in [1.54, 1.807) is 18.5 Å². The van der Waals surface area contributed by atoms with Crippen LogP contribution >= 0.6 is 0 Å². The summed E-state index contributed by atoms with van der Waals surface area (Å²) in [7, 11) is -3.52. The third-order valence-electron chi connectivity index (χ3n) is 3.69. The van der Waals surface area contributed by atoms with Gasteiger partial charge in [-0.05, 0) is 33.7 Å². The molecule has 0 radical (unpaired) electrons. The number of morpholine rings is 1. The van der Waals surface area contributed by atoms with E-state index in [0.717, 1.165) is 6.42 Å². The Balaban J connectivity index is 2.33. The lowest BCUT2D eigenvalue weighted by Gasteiger charge is -2.30. The van der Waals surface area contributed by atoms with Crippen LogP contribution in [0.4, 0.5) is 0 Å². The van der Waals surface area contributed by atoms with E-state index < -0.39 is 10.0 Å². The molecule has 1 atom stereocenters. The molecule has 2 N–H and O–H groups in total. The van der Waals surface area contributed by atoms with E-state index >= 15 is 0 Å². The Labute approximate surface area is 126 Å². The van der Waals surface area contributed by atoms with Crippen LogP contribution in [0.1, 0.15) is 24.7 Å². The van der Waals surface area contributed by atoms with Gasteiger partial charge >= 0.3 is 0 Å². The zero-order valence-corrected chi connectivity index (χ0v) is 13.7. The molecule has 1 saturated heterocycles. The van der Waals surface area contributed by atoms with Gasteiger partial charge < -0.3 is 10.5 Å². The van der Waals surface area contributed by atoms with Crippen LogP contribution in [0.2, 0.25) is 0 Å². The van der Waals surface area contributed by atoms with Crippen LogP contribution in [0.5, 0.6) is 0 Å². The molecule has 0 spiro atoms. The van der Waals surface area contributed by atoms with Crippen molar-refractivity contribution in [3.63, 3.8) is 0 Å². The van der Waals surface area contributed by atoms with Gasteiger partial charge in [-0.2, -0.15) is 9.40 Å². The smallest absolute Gasteiger partial charge is 0.246 e. The zero-order valence-electron chi connectivity index (χ0n) is 12.9. The maximum atomic E-state index is 12.9. The molecule has 1 aromatic heterocycles. The Hall–Kier alpha value is -0.960. The average Bonchev–Trinajstić information content (AvgIpc) is 2.71. The summed E-state index contributed by atoms with van der Waals surface area (Å²) in [6.45, 7) is 7.82. The number of rotatable bonds is 5. The number of aromatic nitrogens is 2. The van der Waals surface area contributed by atoms with Gasteiger partial charge in [0.05, 0.1) is 24.1 Å². The van der Waals surface area contributed by atoms with E-state index in [4.69, 9.17) is 10.5 Å². The van der Waals surface area contributed by atoms with Crippen LogP contribution in [-0.4, -0.2) is 54.8 Å². The first-order valence-electron chi connectivity index (χ1n) is 7.23. The van der Waals surface area contributed by atoms with Crippen molar-refractivity contribution >= 4 is 10.0 Å². The second-order valence-electron chi connectivity index (χ2n) is 5.41. The highest BCUT2D eigenvalue weighted by molar-refractivity contribution is 7.89. The van der Waals surface area contributed by atoms with Gasteiger partial charge in [-0.25, -0.2) is 8.42 Å². The van der Waals surface area contributed by atoms with Crippen molar-refractivity contribution in [2.45, 2.75) is 44.7 Å². The lowest BCUT2D eigenvalue weighted by Crippen LogP contribution is -2.44. The highest BCUT2D eigenvalue weighted by atomic mass is 32.2. The number of ether oxygens (including phenoxy) is 1. The molecule has 1 fully saturated rings. The first-order chi connectivity index (χ1) is 9.87. The summed E-state index contributed by atoms with van der Waals surface area (Å²) in [5.74, 6) is 0. The Morgan fingerprint density at radius 1 is 1.43 bits per heavy atom. The van der Waals surface area contributed by atoms with E-state index in [0.29, 0.717) is 49.1 Å². The van der Waals surface area contributed by atoms with E-state index in [1.165, 1.54) is 4.31 Å². The van der Waals surface area contributed by atoms with E-state index in [1.807, 2.05) is 6.92 Å². The van der Waals surface area contributed by atoms with Crippen LogP contribution in [0.3, 0.4) is 0 Å². The summed E-state index contributed by atoms with van der Waals surface area (Å²) in [5.41, 5.74) is 6.73. The van der Waals surface area contributed by atoms with Gasteiger partial charge in [0.1, 0.15) is 4.90 Å². The summed E-state index contributed by atoms with van der Waals surface area (Å²) >= 11 is 0. The Morgan fingerprint density at radius 3 is 2.76 bits per heavy atom. The van der Waals surface area contributed by atoms with Crippen molar-refractivity contribution in [1.29, 1.82) is 0 Å². The van der Waals surface area contributed by atoms with E-state index in [2.05, 4.69) is 5.10 Å². The topological polar surface area (TPSA) is 90.5 Å². The van der Waals surface area contributed by atoms with Gasteiger partial charge in [0, 0.05) is 19.6 Å². The number of hydrogen-bond acceptors (Lipinski definition) is 5. The van der Waals surface area contributed by atoms with Gasteiger partial charge in [0.2, 0.25) is 10.0 Å². The number of nitrogens with zero attached hydrogens (tertiary/aromatic N) is 3. The second kappa shape index (κ2) is 6.43. The first-order valence-corrected chi connectivity index (χ1v) is 8.67. The summed E-state index contributed by atoms with van der Waals surface area (Å²) in [6, 6.07) is 0. The first kappa shape index (κ1) is 16.4. The van der Waals surface area contributed by atoms with Gasteiger partial charge in [-0.3, -0.25) is 4.68 Å². The van der Waals surface area contributed by atoms with Crippen molar-refractivity contribution < 1.29 is 13.2 Å². The quantitative estimate of drug-likeness (QED) is 0.841. The predicted molar refractivity (Wildman–Crippen MR) is 79.5 cm³/mol. The lowest BCUT2D eigenvalue weighted by atomic mass is 10.3. The lowest BCUT2D eigenvalue weighted by molar-refractivity contribution is 0.0101. The fourth-order valence-electron chi connectivity index (χ4n) is 2.65. The molecule has 1 aromatic rings. The summed E-state index contributed by atoms with van der Waals surface area (Å²) in [6.07, 6.45) is 0.692. The standard InChI is InChI=1S/C13H24N4O3S/c1-10-9-16(7-8-20-10)21(18,19)13-11(2)15-17(12(13)3)6-4-5-14/h10H,4-9,14H2,1-3H3. The Kier molecular flexibility index (Phi) is 5.03. The molecule has 0 bridgehead atoms. The summed E-state index contributed by atoms with van der Waals surface area (Å²) in [5, 5.41) is 4.35. The minimum Gasteiger partial charge on any atom is -0.376 e. The second-order valence-corrected chi connectivity index (χ2v) is 7.28. The number of nitrogens with two attached hydrogens (primary N) is 1. The van der Waals surface area contributed by atoms with Crippen molar-refractivity contribution in [2.24, 2.45) is 5.73 Å². The highest BCUT2D eigenvalue weighted by Gasteiger charge is 2.33. The maximum Gasteiger partial charge on any atom is 0.246 e. The third-order valence-corrected chi connectivity index (χ3v) is 5.81. The van der Waals surface area contributed by atoms with Crippen molar-refractivity contribution in [3.8, 4) is 0 Å². The van der Waals surface area contributed by atoms with Gasteiger partial charge in [0.15, 0.2) is 0 Å². The molecule has 120 valence electrons. The van der Waals surface area contributed by atoms with Crippen LogP contribution in [-0.2, 0) is 21.3 Å². The summed E-state index contributed by atoms with van der Waals surface area (Å²) < 4.78 is 34.4. The molecule has 1 unspecified atom stereocenters. The Morgan fingerprint density at radius 2 is 2.14 bits per heavy atom. The molecule has 1 aliphatic rings. The fraction of sp³-hybridized carbons (Fsp3) is 0.769. The van der Waals surface area contributed by atoms with Gasteiger partial charge in [-0.1, -0.05) is 0 Å². The third kappa shape index (κ3) is 3.28. The van der Waals surface area contributed by atoms with Crippen molar-refractivity contribution in [1.82, 2.24) is 14.1 Å². The van der Waals surface area contributed by atoms with Crippen LogP contribution in [0.25, 0.3) is 0 Å². The molecule has 8 heteroatoms. The maximum absolute atomic E-state index is 12.9. The highest BCUT2D eigenvalue weighted by Crippen LogP contribution is 2.25. The largest absolute Gasteiger partial charge is 0.376 e. The zero-order chi connectivity index (χ0) is 15.6. The van der Waals surface area contributed by atoms with Crippen LogP contribution in [0, 0.1) is 13.8 Å². The van der Waals surface area contributed by atoms with Crippen molar-refractivity contribution in [2.75, 3.05) is 26.2 Å². The van der Waals surface area contributed by atoms with E-state index in [-0.39, 0.29) is 6.10 Å². The Bertz CT molecular complexity index is 597. The fourth-order valence-corrected chi connectivity index (χ4v) is 4.52. The minimum absolute atomic E-state index is 0.0820. The molecular weight excluding hydrogens is 292 g/mol. The molecule has 2 rings (SSSR count). The van der Waals surface area contributed by atoms with Crippen LogP contribution < -0.4 is 5.73 Å². The molecule has 0 saturated carbocycles. The van der Waals surface area contributed by atoms with Crippen LogP contribution in [0.15, 0.2) is 4.90 Å². The molecule has 0 amide bonds. The van der Waals surface area contributed by atoms with E-state index in [9.17, 15) is 8.42 Å². The predicted octanol–water partition coefficient (Wildman–Crippen LogP) is 0.258.